The van der Waals surface area contributed by atoms with Crippen molar-refractivity contribution in [1.82, 2.24) is 9.97 Å². The molecule has 0 N–H and O–H groups in total. The summed E-state index contributed by atoms with van der Waals surface area (Å²) in [5, 5.41) is 3.94. The number of pyridine rings is 2. The Balaban J connectivity index is 2.04. The molecule has 122 valence electrons. The summed E-state index contributed by atoms with van der Waals surface area (Å²) in [6.45, 7) is 4.17. The van der Waals surface area contributed by atoms with Crippen molar-refractivity contribution in [3.05, 3.63) is 90.3 Å². The summed E-state index contributed by atoms with van der Waals surface area (Å²) in [5.41, 5.74) is 4.24. The minimum absolute atomic E-state index is 0.677. The van der Waals surface area contributed by atoms with Crippen molar-refractivity contribution in [3.63, 3.8) is 0 Å². The average molecular weight is 342 g/mol. The lowest BCUT2D eigenvalue weighted by Crippen LogP contribution is -2.22. The highest BCUT2D eigenvalue weighted by molar-refractivity contribution is 7.80. The summed E-state index contributed by atoms with van der Waals surface area (Å²) in [6, 6.07) is 25.7. The van der Waals surface area contributed by atoms with E-state index in [2.05, 4.69) is 80.6 Å². The standard InChI is InChI=1S/C22H19N2P/c1-16-13-14-23-22-20(15-17(2)24-21(16)22)25(18-9-5-3-6-10-18)19-11-7-4-8-12-19/h3-15H,1-2H3. The molecular weight excluding hydrogens is 323 g/mol. The Hall–Kier alpha value is -2.57. The number of aromatic nitrogens is 2. The van der Waals surface area contributed by atoms with Gasteiger partial charge in [0.15, 0.2) is 0 Å². The molecule has 0 amide bonds. The molecule has 0 unspecified atom stereocenters. The van der Waals surface area contributed by atoms with Crippen molar-refractivity contribution >= 4 is 34.9 Å². The van der Waals surface area contributed by atoms with Gasteiger partial charge in [-0.05, 0) is 50.1 Å². The SMILES string of the molecule is Cc1cc(P(c2ccccc2)c2ccccc2)c2nccc(C)c2n1. The highest BCUT2D eigenvalue weighted by Gasteiger charge is 2.20. The van der Waals surface area contributed by atoms with Crippen molar-refractivity contribution in [1.29, 1.82) is 0 Å². The fourth-order valence-electron chi connectivity index (χ4n) is 3.11. The highest BCUT2D eigenvalue weighted by atomic mass is 31.1. The largest absolute Gasteiger partial charge is 0.254 e. The van der Waals surface area contributed by atoms with E-state index in [-0.39, 0.29) is 0 Å². The molecular formula is C22H19N2P. The fourth-order valence-corrected chi connectivity index (χ4v) is 5.59. The topological polar surface area (TPSA) is 25.8 Å². The minimum atomic E-state index is -0.677. The first-order valence-electron chi connectivity index (χ1n) is 8.37. The normalized spacial score (nSPS) is 11.2. The van der Waals surface area contributed by atoms with Gasteiger partial charge in [-0.15, -0.1) is 0 Å². The Morgan fingerprint density at radius 3 is 1.92 bits per heavy atom. The first-order chi connectivity index (χ1) is 12.2. The van der Waals surface area contributed by atoms with Crippen LogP contribution in [0.15, 0.2) is 79.0 Å². The van der Waals surface area contributed by atoms with Crippen LogP contribution >= 0.6 is 7.92 Å². The average Bonchev–Trinajstić information content (AvgIpc) is 2.65. The zero-order chi connectivity index (χ0) is 17.2. The van der Waals surface area contributed by atoms with E-state index in [1.807, 2.05) is 12.3 Å². The molecule has 2 aromatic heterocycles. The zero-order valence-electron chi connectivity index (χ0n) is 14.3. The van der Waals surface area contributed by atoms with Gasteiger partial charge in [0.1, 0.15) is 0 Å². The van der Waals surface area contributed by atoms with Crippen LogP contribution in [-0.2, 0) is 0 Å². The maximum absolute atomic E-state index is 4.75. The van der Waals surface area contributed by atoms with Gasteiger partial charge in [0.05, 0.1) is 11.0 Å². The van der Waals surface area contributed by atoms with E-state index >= 15 is 0 Å². The summed E-state index contributed by atoms with van der Waals surface area (Å²) in [6.07, 6.45) is 1.89. The van der Waals surface area contributed by atoms with Gasteiger partial charge in [0.25, 0.3) is 0 Å². The molecule has 0 atom stereocenters. The molecule has 2 aromatic carbocycles. The number of hydrogen-bond donors (Lipinski definition) is 0. The zero-order valence-corrected chi connectivity index (χ0v) is 15.2. The van der Waals surface area contributed by atoms with E-state index in [9.17, 15) is 0 Å². The van der Waals surface area contributed by atoms with Crippen LogP contribution < -0.4 is 15.9 Å². The maximum atomic E-state index is 4.75. The van der Waals surface area contributed by atoms with E-state index in [1.54, 1.807) is 0 Å². The molecule has 0 aliphatic carbocycles. The van der Waals surface area contributed by atoms with Crippen LogP contribution in [0.2, 0.25) is 0 Å². The molecule has 25 heavy (non-hydrogen) atoms. The molecule has 3 heteroatoms. The third-order valence-corrected chi connectivity index (χ3v) is 6.72. The first kappa shape index (κ1) is 15.9. The minimum Gasteiger partial charge on any atom is -0.254 e. The number of rotatable bonds is 3. The number of nitrogens with zero attached hydrogens (tertiary/aromatic N) is 2. The summed E-state index contributed by atoms with van der Waals surface area (Å²) >= 11 is 0. The van der Waals surface area contributed by atoms with Crippen molar-refractivity contribution < 1.29 is 0 Å². The Labute approximate surface area is 149 Å². The molecule has 4 rings (SSSR count). The van der Waals surface area contributed by atoms with Gasteiger partial charge in [0, 0.05) is 17.2 Å². The summed E-state index contributed by atoms with van der Waals surface area (Å²) < 4.78 is 0. The maximum Gasteiger partial charge on any atom is 0.0972 e. The fraction of sp³-hybridized carbons (Fsp3) is 0.0909. The summed E-state index contributed by atoms with van der Waals surface area (Å²) in [5.74, 6) is 0. The lowest BCUT2D eigenvalue weighted by atomic mass is 10.2. The van der Waals surface area contributed by atoms with Crippen LogP contribution in [0.1, 0.15) is 11.3 Å². The van der Waals surface area contributed by atoms with Crippen LogP contribution in [0.25, 0.3) is 11.0 Å². The predicted octanol–water partition coefficient (Wildman–Crippen LogP) is 4.00. The molecule has 0 aliphatic rings. The lowest BCUT2D eigenvalue weighted by molar-refractivity contribution is 1.23. The van der Waals surface area contributed by atoms with E-state index in [1.165, 1.54) is 21.5 Å². The van der Waals surface area contributed by atoms with Crippen LogP contribution in [0.3, 0.4) is 0 Å². The molecule has 2 nitrogen and oxygen atoms in total. The second-order valence-electron chi connectivity index (χ2n) is 6.11. The highest BCUT2D eigenvalue weighted by Crippen LogP contribution is 2.35. The van der Waals surface area contributed by atoms with Crippen molar-refractivity contribution in [2.45, 2.75) is 13.8 Å². The van der Waals surface area contributed by atoms with Gasteiger partial charge in [-0.25, -0.2) is 0 Å². The van der Waals surface area contributed by atoms with E-state index in [0.29, 0.717) is 0 Å². The molecule has 4 aromatic rings. The molecule has 0 fully saturated rings. The molecule has 0 radical (unpaired) electrons. The van der Waals surface area contributed by atoms with Gasteiger partial charge < -0.3 is 0 Å². The van der Waals surface area contributed by atoms with Crippen LogP contribution in [0.5, 0.6) is 0 Å². The molecule has 0 saturated carbocycles. The van der Waals surface area contributed by atoms with Gasteiger partial charge in [-0.2, -0.15) is 0 Å². The molecule has 0 aliphatic heterocycles. The van der Waals surface area contributed by atoms with Crippen molar-refractivity contribution in [2.75, 3.05) is 0 Å². The van der Waals surface area contributed by atoms with Gasteiger partial charge in [-0.1, -0.05) is 60.7 Å². The van der Waals surface area contributed by atoms with E-state index in [4.69, 9.17) is 9.97 Å². The van der Waals surface area contributed by atoms with Crippen molar-refractivity contribution in [2.24, 2.45) is 0 Å². The Morgan fingerprint density at radius 1 is 0.720 bits per heavy atom. The quantitative estimate of drug-likeness (QED) is 0.526. The van der Waals surface area contributed by atoms with Crippen molar-refractivity contribution in [3.8, 4) is 0 Å². The van der Waals surface area contributed by atoms with E-state index < -0.39 is 7.92 Å². The monoisotopic (exact) mass is 342 g/mol. The molecule has 0 bridgehead atoms. The number of benzene rings is 2. The van der Waals surface area contributed by atoms with Gasteiger partial charge in [0.2, 0.25) is 0 Å². The Morgan fingerprint density at radius 2 is 1.32 bits per heavy atom. The molecule has 0 saturated heterocycles. The first-order valence-corrected chi connectivity index (χ1v) is 9.71. The summed E-state index contributed by atoms with van der Waals surface area (Å²) in [7, 11) is -0.677. The number of hydrogen-bond acceptors (Lipinski definition) is 2. The Bertz CT molecular complexity index is 975. The number of fused-ring (bicyclic) bond motifs is 1. The van der Waals surface area contributed by atoms with Gasteiger partial charge in [-0.3, -0.25) is 9.97 Å². The second-order valence-corrected chi connectivity index (χ2v) is 8.30. The van der Waals surface area contributed by atoms with Crippen LogP contribution in [-0.4, -0.2) is 9.97 Å². The smallest absolute Gasteiger partial charge is 0.0972 e. The lowest BCUT2D eigenvalue weighted by Gasteiger charge is -2.21. The third-order valence-electron chi connectivity index (χ3n) is 4.27. The van der Waals surface area contributed by atoms with Crippen LogP contribution in [0.4, 0.5) is 0 Å². The second kappa shape index (κ2) is 6.74. The van der Waals surface area contributed by atoms with Gasteiger partial charge >= 0.3 is 0 Å². The molecule has 0 spiro atoms. The number of aryl methyl sites for hydroxylation is 2. The van der Waals surface area contributed by atoms with E-state index in [0.717, 1.165) is 16.7 Å². The predicted molar refractivity (Wildman–Crippen MR) is 108 cm³/mol. The Kier molecular flexibility index (Phi) is 4.29. The van der Waals surface area contributed by atoms with Crippen LogP contribution in [0, 0.1) is 13.8 Å². The molecule has 2 heterocycles. The summed E-state index contributed by atoms with van der Waals surface area (Å²) in [4.78, 5) is 9.46. The third kappa shape index (κ3) is 3.06.